The topological polar surface area (TPSA) is 82.3 Å². The Hall–Kier alpha value is -2.19. The fourth-order valence-electron chi connectivity index (χ4n) is 2.25. The van der Waals surface area contributed by atoms with Gasteiger partial charge in [-0.05, 0) is 57.5 Å². The predicted molar refractivity (Wildman–Crippen MR) is 94.7 cm³/mol. The van der Waals surface area contributed by atoms with Crippen LogP contribution in [0.25, 0.3) is 0 Å². The Balaban J connectivity index is 2.26. The number of benzene rings is 1. The van der Waals surface area contributed by atoms with Crippen LogP contribution in [0, 0.1) is 12.7 Å². The molecule has 6 nitrogen and oxygen atoms in total. The van der Waals surface area contributed by atoms with Crippen LogP contribution in [0.1, 0.15) is 36.8 Å². The van der Waals surface area contributed by atoms with Crippen molar-refractivity contribution in [3.05, 3.63) is 47.5 Å². The molecule has 2 N–H and O–H groups in total. The maximum absolute atomic E-state index is 13.4. The molecule has 1 amide bonds. The molecule has 0 aliphatic rings. The smallest absolute Gasteiger partial charge is 0.274 e. The lowest BCUT2D eigenvalue weighted by Crippen LogP contribution is -2.40. The highest BCUT2D eigenvalue weighted by atomic mass is 32.2. The van der Waals surface area contributed by atoms with Crippen LogP contribution in [-0.2, 0) is 10.0 Å². The van der Waals surface area contributed by atoms with Gasteiger partial charge in [0.25, 0.3) is 5.91 Å². The van der Waals surface area contributed by atoms with Crippen molar-refractivity contribution in [1.82, 2.24) is 9.71 Å². The van der Waals surface area contributed by atoms with Crippen molar-refractivity contribution < 1.29 is 17.6 Å². The van der Waals surface area contributed by atoms with E-state index in [0.29, 0.717) is 11.3 Å². The lowest BCUT2D eigenvalue weighted by atomic mass is 10.1. The lowest BCUT2D eigenvalue weighted by Gasteiger charge is -2.19. The third kappa shape index (κ3) is 4.46. The Kier molecular flexibility index (Phi) is 5.06. The molecule has 1 aromatic carbocycles. The first kappa shape index (κ1) is 19.1. The molecule has 2 rings (SSSR count). The first-order chi connectivity index (χ1) is 11.4. The van der Waals surface area contributed by atoms with Gasteiger partial charge in [0.2, 0.25) is 10.0 Å². The molecule has 2 aromatic rings. The number of amides is 1. The van der Waals surface area contributed by atoms with Crippen LogP contribution >= 0.6 is 0 Å². The van der Waals surface area contributed by atoms with E-state index in [1.165, 1.54) is 36.3 Å². The summed E-state index contributed by atoms with van der Waals surface area (Å²) < 4.78 is 40.5. The molecule has 0 aliphatic heterocycles. The zero-order valence-electron chi connectivity index (χ0n) is 14.8. The normalized spacial score (nSPS) is 12.2. The van der Waals surface area contributed by atoms with Crippen LogP contribution in [0.5, 0.6) is 0 Å². The fraction of sp³-hybridized carbons (Fsp3) is 0.353. The van der Waals surface area contributed by atoms with Crippen LogP contribution in [-0.4, -0.2) is 31.9 Å². The summed E-state index contributed by atoms with van der Waals surface area (Å²) in [5.41, 5.74) is 0.415. The molecular weight excluding hydrogens is 345 g/mol. The number of H-pyrrole nitrogens is 1. The zero-order valence-corrected chi connectivity index (χ0v) is 15.7. The SMILES string of the molecule is Cc1cc(N(C)C(=O)c2cc(S(=O)(=O)NC(C)(C)C)c[nH]2)ccc1F. The highest BCUT2D eigenvalue weighted by Crippen LogP contribution is 2.20. The molecule has 25 heavy (non-hydrogen) atoms. The number of nitrogens with one attached hydrogen (secondary N) is 2. The summed E-state index contributed by atoms with van der Waals surface area (Å²) in [4.78, 5) is 16.5. The highest BCUT2D eigenvalue weighted by molar-refractivity contribution is 7.89. The first-order valence-corrected chi connectivity index (χ1v) is 9.16. The number of nitrogens with zero attached hydrogens (tertiary/aromatic N) is 1. The molecule has 0 spiro atoms. The molecule has 0 bridgehead atoms. The largest absolute Gasteiger partial charge is 0.356 e. The summed E-state index contributed by atoms with van der Waals surface area (Å²) in [5, 5.41) is 0. The third-order valence-electron chi connectivity index (χ3n) is 3.47. The number of aromatic nitrogens is 1. The fourth-order valence-corrected chi connectivity index (χ4v) is 3.66. The number of carbonyl (C=O) groups is 1. The Bertz CT molecular complexity index is 898. The highest BCUT2D eigenvalue weighted by Gasteiger charge is 2.25. The van der Waals surface area contributed by atoms with Crippen molar-refractivity contribution in [2.24, 2.45) is 0 Å². The minimum Gasteiger partial charge on any atom is -0.356 e. The van der Waals surface area contributed by atoms with E-state index in [2.05, 4.69) is 9.71 Å². The van der Waals surface area contributed by atoms with E-state index in [1.54, 1.807) is 33.8 Å². The number of hydrogen-bond donors (Lipinski definition) is 2. The van der Waals surface area contributed by atoms with Crippen LogP contribution < -0.4 is 9.62 Å². The predicted octanol–water partition coefficient (Wildman–Crippen LogP) is 2.82. The van der Waals surface area contributed by atoms with Crippen molar-refractivity contribution in [3.8, 4) is 0 Å². The van der Waals surface area contributed by atoms with E-state index >= 15 is 0 Å². The molecule has 0 fully saturated rings. The van der Waals surface area contributed by atoms with Crippen molar-refractivity contribution in [2.45, 2.75) is 38.1 Å². The Morgan fingerprint density at radius 1 is 1.24 bits per heavy atom. The second-order valence-corrected chi connectivity index (χ2v) is 8.58. The van der Waals surface area contributed by atoms with Crippen molar-refractivity contribution >= 4 is 21.6 Å². The molecule has 0 unspecified atom stereocenters. The van der Waals surface area contributed by atoms with Crippen molar-refractivity contribution in [3.63, 3.8) is 0 Å². The number of anilines is 1. The Morgan fingerprint density at radius 2 is 1.88 bits per heavy atom. The summed E-state index contributed by atoms with van der Waals surface area (Å²) in [6.07, 6.45) is 1.27. The first-order valence-electron chi connectivity index (χ1n) is 7.67. The van der Waals surface area contributed by atoms with E-state index in [-0.39, 0.29) is 16.4 Å². The maximum atomic E-state index is 13.4. The molecule has 8 heteroatoms. The van der Waals surface area contributed by atoms with Gasteiger partial charge in [-0.3, -0.25) is 4.79 Å². The average molecular weight is 367 g/mol. The van der Waals surface area contributed by atoms with Crippen LogP contribution in [0.15, 0.2) is 35.4 Å². The summed E-state index contributed by atoms with van der Waals surface area (Å²) in [5.74, 6) is -0.783. The number of aromatic amines is 1. The summed E-state index contributed by atoms with van der Waals surface area (Å²) in [6, 6.07) is 5.60. The molecule has 136 valence electrons. The van der Waals surface area contributed by atoms with Gasteiger partial charge in [-0.15, -0.1) is 0 Å². The van der Waals surface area contributed by atoms with Crippen LogP contribution in [0.2, 0.25) is 0 Å². The Morgan fingerprint density at radius 3 is 2.44 bits per heavy atom. The molecular formula is C17H22FN3O3S. The maximum Gasteiger partial charge on any atom is 0.274 e. The van der Waals surface area contributed by atoms with Gasteiger partial charge in [0.1, 0.15) is 16.4 Å². The molecule has 0 saturated carbocycles. The van der Waals surface area contributed by atoms with Gasteiger partial charge in [0.15, 0.2) is 0 Å². The average Bonchev–Trinajstić information content (AvgIpc) is 2.97. The third-order valence-corrected chi connectivity index (χ3v) is 5.21. The summed E-state index contributed by atoms with van der Waals surface area (Å²) in [6.45, 7) is 6.80. The van der Waals surface area contributed by atoms with Crippen molar-refractivity contribution in [1.29, 1.82) is 0 Å². The number of hydrogen-bond acceptors (Lipinski definition) is 3. The zero-order chi connectivity index (χ0) is 19.0. The van der Waals surface area contributed by atoms with E-state index in [0.717, 1.165) is 0 Å². The van der Waals surface area contributed by atoms with Gasteiger partial charge in [0, 0.05) is 24.5 Å². The van der Waals surface area contributed by atoms with Gasteiger partial charge < -0.3 is 9.88 Å². The number of rotatable bonds is 4. The summed E-state index contributed by atoms with van der Waals surface area (Å²) >= 11 is 0. The Labute approximate surface area is 147 Å². The monoisotopic (exact) mass is 367 g/mol. The summed E-state index contributed by atoms with van der Waals surface area (Å²) in [7, 11) is -2.20. The lowest BCUT2D eigenvalue weighted by molar-refractivity contribution is 0.0989. The van der Waals surface area contributed by atoms with Gasteiger partial charge >= 0.3 is 0 Å². The number of halogens is 1. The van der Waals surface area contributed by atoms with Gasteiger partial charge in [-0.2, -0.15) is 0 Å². The quantitative estimate of drug-likeness (QED) is 0.872. The van der Waals surface area contributed by atoms with E-state index in [9.17, 15) is 17.6 Å². The second kappa shape index (κ2) is 6.61. The minimum atomic E-state index is -3.73. The molecule has 0 aliphatic carbocycles. The number of sulfonamides is 1. The van der Waals surface area contributed by atoms with Crippen molar-refractivity contribution in [2.75, 3.05) is 11.9 Å². The molecule has 0 radical (unpaired) electrons. The van der Waals surface area contributed by atoms with E-state index < -0.39 is 21.5 Å². The molecule has 1 aromatic heterocycles. The number of carbonyl (C=O) groups excluding carboxylic acids is 1. The molecule has 0 atom stereocenters. The molecule has 0 saturated heterocycles. The van der Waals surface area contributed by atoms with Crippen LogP contribution in [0.4, 0.5) is 10.1 Å². The standard InChI is InChI=1S/C17H22FN3O3S/c1-11-8-12(6-7-14(11)18)21(5)16(22)15-9-13(10-19-15)25(23,24)20-17(2,3)4/h6-10,19-20H,1-5H3. The van der Waals surface area contributed by atoms with Gasteiger partial charge in [-0.1, -0.05) is 0 Å². The van der Waals surface area contributed by atoms with Gasteiger partial charge in [0.05, 0.1) is 0 Å². The molecule has 1 heterocycles. The van der Waals surface area contributed by atoms with Crippen LogP contribution in [0.3, 0.4) is 0 Å². The number of aryl methyl sites for hydroxylation is 1. The van der Waals surface area contributed by atoms with E-state index in [4.69, 9.17) is 0 Å². The van der Waals surface area contributed by atoms with E-state index in [1.807, 2.05) is 0 Å². The minimum absolute atomic E-state index is 0.0190. The second-order valence-electron chi connectivity index (χ2n) is 6.90. The van der Waals surface area contributed by atoms with Gasteiger partial charge in [-0.25, -0.2) is 17.5 Å².